The molecule has 0 spiro atoms. The monoisotopic (exact) mass is 401 g/mol. The molecule has 146 valence electrons. The normalized spacial score (nSPS) is 15.5. The zero-order valence-electron chi connectivity index (χ0n) is 14.3. The van der Waals surface area contributed by atoms with E-state index >= 15 is 0 Å². The van der Waals surface area contributed by atoms with Gasteiger partial charge in [-0.15, -0.1) is 18.3 Å². The van der Waals surface area contributed by atoms with Gasteiger partial charge in [0.2, 0.25) is 11.1 Å². The van der Waals surface area contributed by atoms with Crippen molar-refractivity contribution in [3.05, 3.63) is 24.3 Å². The lowest BCUT2D eigenvalue weighted by molar-refractivity contribution is -0.274. The fraction of sp³-hybridized carbons (Fsp3) is 0.500. The van der Waals surface area contributed by atoms with Crippen molar-refractivity contribution < 1.29 is 22.7 Å². The van der Waals surface area contributed by atoms with Gasteiger partial charge in [-0.25, -0.2) is 0 Å². The van der Waals surface area contributed by atoms with Crippen molar-refractivity contribution in [2.45, 2.75) is 49.7 Å². The van der Waals surface area contributed by atoms with Gasteiger partial charge in [-0.1, -0.05) is 31.0 Å². The Bertz CT molecular complexity index is 760. The number of tetrazole rings is 1. The van der Waals surface area contributed by atoms with Gasteiger partial charge in [0.15, 0.2) is 0 Å². The second kappa shape index (κ2) is 8.59. The first-order valence-corrected chi connectivity index (χ1v) is 9.46. The first-order chi connectivity index (χ1) is 12.9. The fourth-order valence-electron chi connectivity index (χ4n) is 2.87. The van der Waals surface area contributed by atoms with Gasteiger partial charge in [-0.05, 0) is 47.5 Å². The standard InChI is InChI=1S/C16H18F3N5O2S/c17-16(18,19)26-13-8-6-12(7-9-13)24-15(21-22-23-24)27-10-14(25)20-11-4-2-1-3-5-11/h6-9,11H,1-5,10H2,(H,20,25). The van der Waals surface area contributed by atoms with Crippen LogP contribution in [0.5, 0.6) is 5.75 Å². The Labute approximate surface area is 157 Å². The van der Waals surface area contributed by atoms with Crippen molar-refractivity contribution in [1.29, 1.82) is 0 Å². The van der Waals surface area contributed by atoms with E-state index < -0.39 is 6.36 Å². The van der Waals surface area contributed by atoms with Crippen molar-refractivity contribution in [1.82, 2.24) is 25.5 Å². The Balaban J connectivity index is 1.58. The van der Waals surface area contributed by atoms with Crippen molar-refractivity contribution in [2.24, 2.45) is 0 Å². The van der Waals surface area contributed by atoms with Gasteiger partial charge >= 0.3 is 6.36 Å². The lowest BCUT2D eigenvalue weighted by Gasteiger charge is -2.22. The lowest BCUT2D eigenvalue weighted by Crippen LogP contribution is -2.37. The molecule has 11 heteroatoms. The minimum absolute atomic E-state index is 0.0876. The number of hydrogen-bond donors (Lipinski definition) is 1. The summed E-state index contributed by atoms with van der Waals surface area (Å²) >= 11 is 1.16. The molecule has 0 atom stereocenters. The average molecular weight is 401 g/mol. The lowest BCUT2D eigenvalue weighted by atomic mass is 9.95. The highest BCUT2D eigenvalue weighted by Gasteiger charge is 2.31. The van der Waals surface area contributed by atoms with Crippen LogP contribution < -0.4 is 10.1 Å². The van der Waals surface area contributed by atoms with Crippen LogP contribution in [-0.2, 0) is 4.79 Å². The Kier molecular flexibility index (Phi) is 6.19. The van der Waals surface area contributed by atoms with Crippen LogP contribution in [0.25, 0.3) is 5.69 Å². The van der Waals surface area contributed by atoms with E-state index in [-0.39, 0.29) is 23.5 Å². The van der Waals surface area contributed by atoms with E-state index in [0.717, 1.165) is 37.4 Å². The molecule has 0 saturated heterocycles. The molecule has 0 unspecified atom stereocenters. The topological polar surface area (TPSA) is 81.9 Å². The molecule has 1 amide bonds. The summed E-state index contributed by atoms with van der Waals surface area (Å²) in [6.45, 7) is 0. The number of ether oxygens (including phenoxy) is 1. The number of hydrogen-bond acceptors (Lipinski definition) is 6. The maximum absolute atomic E-state index is 12.2. The van der Waals surface area contributed by atoms with E-state index in [2.05, 4.69) is 25.6 Å². The SMILES string of the molecule is O=C(CSc1nnnn1-c1ccc(OC(F)(F)F)cc1)NC1CCCCC1. The van der Waals surface area contributed by atoms with Gasteiger partial charge in [-0.3, -0.25) is 4.79 Å². The molecule has 0 aliphatic heterocycles. The van der Waals surface area contributed by atoms with E-state index in [4.69, 9.17) is 0 Å². The van der Waals surface area contributed by atoms with Crippen LogP contribution in [0.4, 0.5) is 13.2 Å². The number of halogens is 3. The molecule has 7 nitrogen and oxygen atoms in total. The molecule has 1 aliphatic rings. The van der Waals surface area contributed by atoms with Gasteiger partial charge in [0, 0.05) is 6.04 Å². The van der Waals surface area contributed by atoms with E-state index in [1.54, 1.807) is 0 Å². The van der Waals surface area contributed by atoms with Crippen molar-refractivity contribution in [3.63, 3.8) is 0 Å². The van der Waals surface area contributed by atoms with Crippen LogP contribution in [-0.4, -0.2) is 44.3 Å². The maximum atomic E-state index is 12.2. The Morgan fingerprint density at radius 1 is 1.22 bits per heavy atom. The highest BCUT2D eigenvalue weighted by atomic mass is 32.2. The van der Waals surface area contributed by atoms with Gasteiger partial charge in [0.05, 0.1) is 11.4 Å². The Morgan fingerprint density at radius 2 is 1.93 bits per heavy atom. The summed E-state index contributed by atoms with van der Waals surface area (Å²) in [6, 6.07) is 5.39. The van der Waals surface area contributed by atoms with Crippen LogP contribution >= 0.6 is 11.8 Å². The Morgan fingerprint density at radius 3 is 2.59 bits per heavy atom. The number of carbonyl (C=O) groups excluding carboxylic acids is 1. The van der Waals surface area contributed by atoms with Gasteiger partial charge in [-0.2, -0.15) is 4.68 Å². The number of alkyl halides is 3. The predicted molar refractivity (Wildman–Crippen MR) is 91.6 cm³/mol. The minimum atomic E-state index is -4.75. The molecule has 3 rings (SSSR count). The zero-order chi connectivity index (χ0) is 19.3. The van der Waals surface area contributed by atoms with Gasteiger partial charge in [0.25, 0.3) is 0 Å². The van der Waals surface area contributed by atoms with E-state index in [9.17, 15) is 18.0 Å². The smallest absolute Gasteiger partial charge is 0.406 e. The fourth-order valence-corrected chi connectivity index (χ4v) is 3.57. The average Bonchev–Trinajstić information content (AvgIpc) is 3.09. The van der Waals surface area contributed by atoms with Crippen LogP contribution in [0, 0.1) is 0 Å². The van der Waals surface area contributed by atoms with Crippen LogP contribution in [0.1, 0.15) is 32.1 Å². The zero-order valence-corrected chi connectivity index (χ0v) is 15.1. The number of nitrogens with zero attached hydrogens (tertiary/aromatic N) is 4. The second-order valence-electron chi connectivity index (χ2n) is 6.11. The summed E-state index contributed by atoms with van der Waals surface area (Å²) < 4.78 is 41.9. The third kappa shape index (κ3) is 5.84. The molecule has 1 saturated carbocycles. The molecule has 27 heavy (non-hydrogen) atoms. The number of rotatable bonds is 6. The third-order valence-electron chi connectivity index (χ3n) is 4.06. The molecule has 1 fully saturated rings. The highest BCUT2D eigenvalue weighted by molar-refractivity contribution is 7.99. The van der Waals surface area contributed by atoms with Crippen LogP contribution in [0.3, 0.4) is 0 Å². The highest BCUT2D eigenvalue weighted by Crippen LogP contribution is 2.25. The summed E-state index contributed by atoms with van der Waals surface area (Å²) in [7, 11) is 0. The number of benzene rings is 1. The quantitative estimate of drug-likeness (QED) is 0.749. The van der Waals surface area contributed by atoms with Gasteiger partial charge in [0.1, 0.15) is 5.75 Å². The minimum Gasteiger partial charge on any atom is -0.406 e. The largest absolute Gasteiger partial charge is 0.573 e. The molecular weight excluding hydrogens is 383 g/mol. The molecule has 0 bridgehead atoms. The van der Waals surface area contributed by atoms with Crippen LogP contribution in [0.15, 0.2) is 29.4 Å². The maximum Gasteiger partial charge on any atom is 0.573 e. The Hall–Kier alpha value is -2.30. The van der Waals surface area contributed by atoms with Crippen molar-refractivity contribution in [3.8, 4) is 11.4 Å². The number of carbonyl (C=O) groups is 1. The molecule has 2 aromatic rings. The third-order valence-corrected chi connectivity index (χ3v) is 4.98. The molecule has 1 N–H and O–H groups in total. The van der Waals surface area contributed by atoms with Gasteiger partial charge < -0.3 is 10.1 Å². The molecule has 1 aliphatic carbocycles. The van der Waals surface area contributed by atoms with E-state index in [1.165, 1.54) is 35.4 Å². The molecular formula is C16H18F3N5O2S. The van der Waals surface area contributed by atoms with Crippen LogP contribution in [0.2, 0.25) is 0 Å². The number of thioether (sulfide) groups is 1. The molecule has 1 aromatic heterocycles. The summed E-state index contributed by atoms with van der Waals surface area (Å²) in [4.78, 5) is 12.1. The van der Waals surface area contributed by atoms with Crippen molar-refractivity contribution in [2.75, 3.05) is 5.75 Å². The summed E-state index contributed by atoms with van der Waals surface area (Å²) in [5.74, 6) is -0.262. The van der Waals surface area contributed by atoms with Crippen molar-refractivity contribution >= 4 is 17.7 Å². The molecule has 0 radical (unpaired) electrons. The summed E-state index contributed by atoms with van der Waals surface area (Å²) in [5, 5.41) is 14.6. The first-order valence-electron chi connectivity index (χ1n) is 8.47. The summed E-state index contributed by atoms with van der Waals surface area (Å²) in [6.07, 6.45) is 0.724. The number of aromatic nitrogens is 4. The molecule has 1 heterocycles. The van der Waals surface area contributed by atoms with E-state index in [1.807, 2.05) is 0 Å². The summed E-state index contributed by atoms with van der Waals surface area (Å²) in [5.41, 5.74) is 0.463. The number of amides is 1. The number of nitrogens with one attached hydrogen (secondary N) is 1. The predicted octanol–water partition coefficient (Wildman–Crippen LogP) is 3.10. The first kappa shape index (κ1) is 19.5. The van der Waals surface area contributed by atoms with E-state index in [0.29, 0.717) is 10.8 Å². The second-order valence-corrected chi connectivity index (χ2v) is 7.05. The molecule has 1 aromatic carbocycles.